The zero-order valence-corrected chi connectivity index (χ0v) is 16.2. The molecule has 0 bridgehead atoms. The molecule has 3 rings (SSSR count). The van der Waals surface area contributed by atoms with Crippen LogP contribution in [0.1, 0.15) is 5.56 Å². The number of imide groups is 1. The van der Waals surface area contributed by atoms with E-state index in [2.05, 4.69) is 11.9 Å². The summed E-state index contributed by atoms with van der Waals surface area (Å²) in [6.07, 6.45) is 1.50. The van der Waals surface area contributed by atoms with Gasteiger partial charge in [-0.2, -0.15) is 0 Å². The lowest BCUT2D eigenvalue weighted by Crippen LogP contribution is -2.32. The molecule has 1 aliphatic heterocycles. The van der Waals surface area contributed by atoms with Crippen LogP contribution in [-0.2, 0) is 9.59 Å². The van der Waals surface area contributed by atoms with Crippen LogP contribution in [0.2, 0.25) is 5.02 Å². The fourth-order valence-electron chi connectivity index (χ4n) is 2.92. The molecule has 0 unspecified atom stereocenters. The normalized spacial score (nSPS) is 13.8. The van der Waals surface area contributed by atoms with Gasteiger partial charge >= 0.3 is 0 Å². The molecule has 0 saturated heterocycles. The number of ether oxygens (including phenoxy) is 2. The first kappa shape index (κ1) is 19.5. The average molecular weight is 399 g/mol. The molecule has 7 heteroatoms. The van der Waals surface area contributed by atoms with Gasteiger partial charge in [0.25, 0.3) is 11.8 Å². The third-order valence-electron chi connectivity index (χ3n) is 4.28. The molecular formula is C21H19ClN2O4. The van der Waals surface area contributed by atoms with Crippen molar-refractivity contribution in [2.75, 3.05) is 26.1 Å². The summed E-state index contributed by atoms with van der Waals surface area (Å²) in [5, 5.41) is 3.60. The number of anilines is 1. The Balaban J connectivity index is 2.12. The minimum absolute atomic E-state index is 0.106. The predicted molar refractivity (Wildman–Crippen MR) is 108 cm³/mol. The predicted octanol–water partition coefficient (Wildman–Crippen LogP) is 3.74. The van der Waals surface area contributed by atoms with Gasteiger partial charge in [0.05, 0.1) is 25.5 Å². The molecule has 6 nitrogen and oxygen atoms in total. The Kier molecular flexibility index (Phi) is 5.70. The minimum Gasteiger partial charge on any atom is -0.497 e. The molecule has 1 aliphatic rings. The Morgan fingerprint density at radius 2 is 1.79 bits per heavy atom. The standard InChI is InChI=1S/C21H19ClN2O4/c1-4-11-24-20(25)18(13-5-7-14(22)8-6-13)19(21(24)26)23-16-12-15(27-2)9-10-17(16)28-3/h4-10,12,23H,1,11H2,2-3H3. The van der Waals surface area contributed by atoms with Gasteiger partial charge in [-0.25, -0.2) is 0 Å². The fourth-order valence-corrected chi connectivity index (χ4v) is 3.04. The van der Waals surface area contributed by atoms with Gasteiger partial charge in [0.2, 0.25) is 0 Å². The molecule has 2 amide bonds. The van der Waals surface area contributed by atoms with Crippen LogP contribution in [0.4, 0.5) is 5.69 Å². The number of carbonyl (C=O) groups excluding carboxylic acids is 2. The van der Waals surface area contributed by atoms with E-state index in [4.69, 9.17) is 21.1 Å². The molecule has 2 aromatic rings. The molecule has 0 aromatic heterocycles. The minimum atomic E-state index is -0.445. The van der Waals surface area contributed by atoms with Crippen LogP contribution in [0.3, 0.4) is 0 Å². The van der Waals surface area contributed by atoms with Crippen LogP contribution in [0.25, 0.3) is 5.57 Å². The van der Waals surface area contributed by atoms with Crippen LogP contribution in [0.5, 0.6) is 11.5 Å². The van der Waals surface area contributed by atoms with Gasteiger partial charge in [-0.3, -0.25) is 14.5 Å². The van der Waals surface area contributed by atoms with Crippen LogP contribution in [-0.4, -0.2) is 37.5 Å². The molecule has 1 heterocycles. The molecule has 28 heavy (non-hydrogen) atoms. The molecule has 0 radical (unpaired) electrons. The second-order valence-electron chi connectivity index (χ2n) is 5.96. The third kappa shape index (κ3) is 3.59. The summed E-state index contributed by atoms with van der Waals surface area (Å²) in [6, 6.07) is 11.9. The van der Waals surface area contributed by atoms with Crippen LogP contribution in [0.15, 0.2) is 60.8 Å². The summed E-state index contributed by atoms with van der Waals surface area (Å²) in [5.41, 5.74) is 1.50. The first-order valence-electron chi connectivity index (χ1n) is 8.46. The number of nitrogens with one attached hydrogen (secondary N) is 1. The zero-order valence-electron chi connectivity index (χ0n) is 15.5. The maximum absolute atomic E-state index is 13.0. The van der Waals surface area contributed by atoms with Crippen molar-refractivity contribution in [1.82, 2.24) is 4.90 Å². The van der Waals surface area contributed by atoms with Crippen LogP contribution >= 0.6 is 11.6 Å². The van der Waals surface area contributed by atoms with Crippen molar-refractivity contribution < 1.29 is 19.1 Å². The largest absolute Gasteiger partial charge is 0.497 e. The second-order valence-corrected chi connectivity index (χ2v) is 6.39. The SMILES string of the molecule is C=CCN1C(=O)C(Nc2cc(OC)ccc2OC)=C(c2ccc(Cl)cc2)C1=O. The van der Waals surface area contributed by atoms with E-state index in [1.807, 2.05) is 0 Å². The van der Waals surface area contributed by atoms with E-state index in [9.17, 15) is 9.59 Å². The number of halogens is 1. The van der Waals surface area contributed by atoms with Crippen molar-refractivity contribution in [2.24, 2.45) is 0 Å². The molecule has 0 spiro atoms. The van der Waals surface area contributed by atoms with Crippen LogP contribution in [0, 0.1) is 0 Å². The number of nitrogens with zero attached hydrogens (tertiary/aromatic N) is 1. The lowest BCUT2D eigenvalue weighted by atomic mass is 10.0. The Hall–Kier alpha value is -3.25. The highest BCUT2D eigenvalue weighted by Gasteiger charge is 2.38. The molecular weight excluding hydrogens is 380 g/mol. The number of carbonyl (C=O) groups is 2. The summed E-state index contributed by atoms with van der Waals surface area (Å²) >= 11 is 5.96. The molecule has 0 aliphatic carbocycles. The van der Waals surface area contributed by atoms with E-state index >= 15 is 0 Å². The van der Waals surface area contributed by atoms with Gasteiger partial charge in [0.1, 0.15) is 17.2 Å². The molecule has 1 N–H and O–H groups in total. The van der Waals surface area contributed by atoms with E-state index in [0.717, 1.165) is 4.90 Å². The summed E-state index contributed by atoms with van der Waals surface area (Å²) in [7, 11) is 3.06. The van der Waals surface area contributed by atoms with Crippen molar-refractivity contribution in [2.45, 2.75) is 0 Å². The number of amides is 2. The third-order valence-corrected chi connectivity index (χ3v) is 4.53. The van der Waals surface area contributed by atoms with E-state index in [-0.39, 0.29) is 17.8 Å². The fraction of sp³-hybridized carbons (Fsp3) is 0.143. The number of rotatable bonds is 7. The first-order valence-corrected chi connectivity index (χ1v) is 8.84. The molecule has 144 valence electrons. The quantitative estimate of drug-likeness (QED) is 0.568. The van der Waals surface area contributed by atoms with Crippen LogP contribution < -0.4 is 14.8 Å². The van der Waals surface area contributed by atoms with E-state index in [1.54, 1.807) is 49.6 Å². The summed E-state index contributed by atoms with van der Waals surface area (Å²) in [4.78, 5) is 27.0. The number of benzene rings is 2. The lowest BCUT2D eigenvalue weighted by Gasteiger charge is -2.14. The highest BCUT2D eigenvalue weighted by atomic mass is 35.5. The number of hydrogen-bond donors (Lipinski definition) is 1. The Labute approximate surface area is 168 Å². The lowest BCUT2D eigenvalue weighted by molar-refractivity contribution is -0.136. The van der Waals surface area contributed by atoms with E-state index in [0.29, 0.717) is 27.8 Å². The van der Waals surface area contributed by atoms with Crippen molar-refractivity contribution in [1.29, 1.82) is 0 Å². The van der Waals surface area contributed by atoms with Crippen molar-refractivity contribution in [3.8, 4) is 11.5 Å². The highest BCUT2D eigenvalue weighted by Crippen LogP contribution is 2.35. The van der Waals surface area contributed by atoms with Crippen molar-refractivity contribution in [3.05, 3.63) is 71.4 Å². The van der Waals surface area contributed by atoms with Gasteiger partial charge in [-0.1, -0.05) is 29.8 Å². The van der Waals surface area contributed by atoms with Gasteiger partial charge in [0, 0.05) is 17.6 Å². The van der Waals surface area contributed by atoms with E-state index < -0.39 is 11.8 Å². The summed E-state index contributed by atoms with van der Waals surface area (Å²) < 4.78 is 10.6. The van der Waals surface area contributed by atoms with Crippen molar-refractivity contribution in [3.63, 3.8) is 0 Å². The summed E-state index contributed by atoms with van der Waals surface area (Å²) in [6.45, 7) is 3.73. The van der Waals surface area contributed by atoms with Gasteiger partial charge < -0.3 is 14.8 Å². The Morgan fingerprint density at radius 3 is 2.39 bits per heavy atom. The first-order chi connectivity index (χ1) is 13.5. The number of hydrogen-bond acceptors (Lipinski definition) is 5. The maximum atomic E-state index is 13.0. The molecule has 0 fully saturated rings. The average Bonchev–Trinajstić information content (AvgIpc) is 2.93. The highest BCUT2D eigenvalue weighted by molar-refractivity contribution is 6.37. The second kappa shape index (κ2) is 8.19. The maximum Gasteiger partial charge on any atom is 0.278 e. The monoisotopic (exact) mass is 398 g/mol. The van der Waals surface area contributed by atoms with Gasteiger partial charge in [-0.05, 0) is 29.8 Å². The molecule has 0 atom stereocenters. The van der Waals surface area contributed by atoms with Gasteiger partial charge in [0.15, 0.2) is 0 Å². The Bertz CT molecular complexity index is 967. The van der Waals surface area contributed by atoms with Crippen molar-refractivity contribution >= 4 is 34.7 Å². The number of methoxy groups -OCH3 is 2. The topological polar surface area (TPSA) is 67.9 Å². The van der Waals surface area contributed by atoms with Gasteiger partial charge in [-0.15, -0.1) is 6.58 Å². The summed E-state index contributed by atoms with van der Waals surface area (Å²) in [5.74, 6) is 0.235. The molecule has 0 saturated carbocycles. The zero-order chi connectivity index (χ0) is 20.3. The Morgan fingerprint density at radius 1 is 1.07 bits per heavy atom. The smallest absolute Gasteiger partial charge is 0.278 e. The molecule has 2 aromatic carbocycles. The van der Waals surface area contributed by atoms with E-state index in [1.165, 1.54) is 13.2 Å².